The highest BCUT2D eigenvalue weighted by Crippen LogP contribution is 2.32. The van der Waals surface area contributed by atoms with Gasteiger partial charge < -0.3 is 14.6 Å². The lowest BCUT2D eigenvalue weighted by Gasteiger charge is -2.14. The predicted molar refractivity (Wildman–Crippen MR) is 78.2 cm³/mol. The van der Waals surface area contributed by atoms with Crippen LogP contribution in [0.15, 0.2) is 35.1 Å². The molecule has 0 aliphatic heterocycles. The van der Waals surface area contributed by atoms with Crippen LogP contribution in [-0.4, -0.2) is 11.7 Å². The predicted octanol–water partition coefficient (Wildman–Crippen LogP) is 3.72. The Bertz CT molecular complexity index is 549. The Morgan fingerprint density at radius 3 is 2.78 bits per heavy atom. The molecule has 0 saturated heterocycles. The summed E-state index contributed by atoms with van der Waals surface area (Å²) in [6.07, 6.45) is 4.15. The molecule has 0 aliphatic rings. The van der Waals surface area contributed by atoms with Crippen LogP contribution in [0.5, 0.6) is 5.75 Å². The summed E-state index contributed by atoms with van der Waals surface area (Å²) in [6.45, 7) is 2.86. The highest BCUT2D eigenvalue weighted by atomic mass is 79.9. The first-order valence-corrected chi connectivity index (χ1v) is 6.58. The van der Waals surface area contributed by atoms with Crippen molar-refractivity contribution in [2.75, 3.05) is 12.4 Å². The molecule has 96 valence electrons. The second-order valence-electron chi connectivity index (χ2n) is 4.34. The van der Waals surface area contributed by atoms with Crippen molar-refractivity contribution >= 4 is 21.6 Å². The molecular weight excluding hydrogens is 292 g/mol. The van der Waals surface area contributed by atoms with E-state index in [-0.39, 0.29) is 0 Å². The molecule has 0 spiro atoms. The summed E-state index contributed by atoms with van der Waals surface area (Å²) < 4.78 is 8.48. The number of anilines is 1. The van der Waals surface area contributed by atoms with Gasteiger partial charge in [0.1, 0.15) is 5.75 Å². The van der Waals surface area contributed by atoms with Gasteiger partial charge in [-0.1, -0.05) is 15.9 Å². The van der Waals surface area contributed by atoms with E-state index < -0.39 is 0 Å². The number of rotatable bonds is 4. The van der Waals surface area contributed by atoms with Crippen molar-refractivity contribution in [2.24, 2.45) is 7.05 Å². The summed E-state index contributed by atoms with van der Waals surface area (Å²) in [5.74, 6) is 0.859. The van der Waals surface area contributed by atoms with Crippen LogP contribution < -0.4 is 10.1 Å². The van der Waals surface area contributed by atoms with Gasteiger partial charge in [0.15, 0.2) is 0 Å². The van der Waals surface area contributed by atoms with Gasteiger partial charge in [-0.2, -0.15) is 0 Å². The molecule has 1 heterocycles. The standard InChI is InChI=1S/C14H17BrN2O/c1-10-6-12(15)7-13(18-3)14(10)16-8-11-4-5-17(2)9-11/h4-7,9,16H,8H2,1-3H3. The van der Waals surface area contributed by atoms with E-state index in [0.29, 0.717) is 0 Å². The van der Waals surface area contributed by atoms with Gasteiger partial charge >= 0.3 is 0 Å². The molecule has 1 aromatic heterocycles. The Balaban J connectivity index is 2.18. The average Bonchev–Trinajstić information content (AvgIpc) is 2.73. The third-order valence-corrected chi connectivity index (χ3v) is 3.30. The fraction of sp³-hybridized carbons (Fsp3) is 0.286. The number of benzene rings is 1. The van der Waals surface area contributed by atoms with Crippen molar-refractivity contribution in [1.29, 1.82) is 0 Å². The second-order valence-corrected chi connectivity index (χ2v) is 5.25. The lowest BCUT2D eigenvalue weighted by atomic mass is 10.1. The molecule has 0 radical (unpaired) electrons. The molecule has 0 aliphatic carbocycles. The summed E-state index contributed by atoms with van der Waals surface area (Å²) in [6, 6.07) is 6.16. The maximum atomic E-state index is 5.40. The van der Waals surface area contributed by atoms with Crippen molar-refractivity contribution in [3.63, 3.8) is 0 Å². The number of hydrogen-bond acceptors (Lipinski definition) is 2. The number of methoxy groups -OCH3 is 1. The van der Waals surface area contributed by atoms with Gasteiger partial charge in [-0.3, -0.25) is 0 Å². The molecule has 0 fully saturated rings. The number of halogens is 1. The first-order valence-electron chi connectivity index (χ1n) is 5.79. The van der Waals surface area contributed by atoms with Crippen LogP contribution in [0.4, 0.5) is 5.69 Å². The highest BCUT2D eigenvalue weighted by Gasteiger charge is 2.08. The Hall–Kier alpha value is -1.42. The van der Waals surface area contributed by atoms with Crippen molar-refractivity contribution < 1.29 is 4.74 Å². The largest absolute Gasteiger partial charge is 0.495 e. The molecule has 1 N–H and O–H groups in total. The fourth-order valence-electron chi connectivity index (χ4n) is 1.96. The third kappa shape index (κ3) is 2.88. The third-order valence-electron chi connectivity index (χ3n) is 2.85. The average molecular weight is 309 g/mol. The molecule has 1 aromatic carbocycles. The molecule has 3 nitrogen and oxygen atoms in total. The maximum Gasteiger partial charge on any atom is 0.143 e. The Morgan fingerprint density at radius 1 is 1.39 bits per heavy atom. The molecule has 0 bridgehead atoms. The summed E-state index contributed by atoms with van der Waals surface area (Å²) in [5, 5.41) is 3.43. The van der Waals surface area contributed by atoms with Gasteiger partial charge in [0.25, 0.3) is 0 Å². The number of ether oxygens (including phenoxy) is 1. The number of nitrogens with zero attached hydrogens (tertiary/aromatic N) is 1. The van der Waals surface area contributed by atoms with Gasteiger partial charge in [0.2, 0.25) is 0 Å². The molecule has 18 heavy (non-hydrogen) atoms. The number of nitrogens with one attached hydrogen (secondary N) is 1. The quantitative estimate of drug-likeness (QED) is 0.931. The monoisotopic (exact) mass is 308 g/mol. The van der Waals surface area contributed by atoms with E-state index in [1.54, 1.807) is 7.11 Å². The van der Waals surface area contributed by atoms with Crippen LogP contribution in [0, 0.1) is 6.92 Å². The van der Waals surface area contributed by atoms with Crippen molar-refractivity contribution in [2.45, 2.75) is 13.5 Å². The lowest BCUT2D eigenvalue weighted by molar-refractivity contribution is 0.416. The highest BCUT2D eigenvalue weighted by molar-refractivity contribution is 9.10. The molecular formula is C14H17BrN2O. The zero-order valence-electron chi connectivity index (χ0n) is 10.8. The fourth-order valence-corrected chi connectivity index (χ4v) is 2.51. The van der Waals surface area contributed by atoms with Crippen LogP contribution in [0.3, 0.4) is 0 Å². The minimum Gasteiger partial charge on any atom is -0.495 e. The minimum absolute atomic E-state index is 0.791. The SMILES string of the molecule is COc1cc(Br)cc(C)c1NCc1ccn(C)c1. The topological polar surface area (TPSA) is 26.2 Å². The minimum atomic E-state index is 0.791. The number of aryl methyl sites for hydroxylation is 2. The van der Waals surface area contributed by atoms with E-state index >= 15 is 0 Å². The first kappa shape index (κ1) is 13.0. The van der Waals surface area contributed by atoms with E-state index in [1.807, 2.05) is 23.9 Å². The zero-order chi connectivity index (χ0) is 13.1. The molecule has 4 heteroatoms. The van der Waals surface area contributed by atoms with E-state index in [2.05, 4.69) is 46.5 Å². The molecule has 2 aromatic rings. The Labute approximate surface area is 116 Å². The van der Waals surface area contributed by atoms with Gasteiger partial charge in [0.05, 0.1) is 12.8 Å². The summed E-state index contributed by atoms with van der Waals surface area (Å²) >= 11 is 3.48. The van der Waals surface area contributed by atoms with Crippen LogP contribution in [0.25, 0.3) is 0 Å². The summed E-state index contributed by atoms with van der Waals surface area (Å²) in [4.78, 5) is 0. The van der Waals surface area contributed by atoms with Crippen LogP contribution >= 0.6 is 15.9 Å². The molecule has 0 amide bonds. The molecule has 0 atom stereocenters. The van der Waals surface area contributed by atoms with E-state index in [4.69, 9.17) is 4.74 Å². The van der Waals surface area contributed by atoms with Crippen molar-refractivity contribution in [1.82, 2.24) is 4.57 Å². The maximum absolute atomic E-state index is 5.40. The van der Waals surface area contributed by atoms with Gasteiger partial charge in [-0.15, -0.1) is 0 Å². The van der Waals surface area contributed by atoms with Gasteiger partial charge in [-0.05, 0) is 36.2 Å². The van der Waals surface area contributed by atoms with Crippen molar-refractivity contribution in [3.05, 3.63) is 46.2 Å². The normalized spacial score (nSPS) is 10.4. The van der Waals surface area contributed by atoms with Gasteiger partial charge in [0, 0.05) is 30.5 Å². The van der Waals surface area contributed by atoms with Gasteiger partial charge in [-0.25, -0.2) is 0 Å². The van der Waals surface area contributed by atoms with E-state index in [0.717, 1.165) is 28.0 Å². The zero-order valence-corrected chi connectivity index (χ0v) is 12.4. The van der Waals surface area contributed by atoms with Crippen LogP contribution in [0.2, 0.25) is 0 Å². The van der Waals surface area contributed by atoms with Crippen LogP contribution in [-0.2, 0) is 13.6 Å². The summed E-state index contributed by atoms with van der Waals surface area (Å²) in [7, 11) is 3.71. The molecule has 2 rings (SSSR count). The molecule has 0 unspecified atom stereocenters. The Morgan fingerprint density at radius 2 is 2.17 bits per heavy atom. The number of aromatic nitrogens is 1. The lowest BCUT2D eigenvalue weighted by Crippen LogP contribution is -2.02. The smallest absolute Gasteiger partial charge is 0.143 e. The molecule has 0 saturated carbocycles. The summed E-state index contributed by atoms with van der Waals surface area (Å²) in [5.41, 5.74) is 3.46. The van der Waals surface area contributed by atoms with Crippen molar-refractivity contribution in [3.8, 4) is 5.75 Å². The van der Waals surface area contributed by atoms with Crippen LogP contribution in [0.1, 0.15) is 11.1 Å². The first-order chi connectivity index (χ1) is 8.60. The van der Waals surface area contributed by atoms with E-state index in [9.17, 15) is 0 Å². The Kier molecular flexibility index (Phi) is 3.97. The van der Waals surface area contributed by atoms with E-state index in [1.165, 1.54) is 5.56 Å². The number of hydrogen-bond donors (Lipinski definition) is 1. The second kappa shape index (κ2) is 5.48.